The minimum absolute atomic E-state index is 0.226. The van der Waals surface area contributed by atoms with Crippen LogP contribution in [-0.2, 0) is 0 Å². The maximum absolute atomic E-state index is 5.25. The number of hydrogen-bond donors (Lipinski definition) is 2. The average molecular weight is 187 g/mol. The first-order valence-electron chi connectivity index (χ1n) is 4.23. The van der Waals surface area contributed by atoms with E-state index >= 15 is 0 Å². The summed E-state index contributed by atoms with van der Waals surface area (Å²) in [7, 11) is 0. The van der Waals surface area contributed by atoms with E-state index < -0.39 is 0 Å². The minimum atomic E-state index is 0.226. The van der Waals surface area contributed by atoms with Gasteiger partial charge in [-0.25, -0.2) is 0 Å². The van der Waals surface area contributed by atoms with Gasteiger partial charge in [-0.15, -0.1) is 0 Å². The Labute approximate surface area is 79.4 Å². The molecule has 70 valence electrons. The molecule has 0 spiro atoms. The molecule has 0 aromatic rings. The molecule has 0 aromatic heterocycles. The number of rotatable bonds is 4. The van der Waals surface area contributed by atoms with E-state index in [1.54, 1.807) is 0 Å². The predicted octanol–water partition coefficient (Wildman–Crippen LogP) is 1.63. The molecule has 12 heavy (non-hydrogen) atoms. The van der Waals surface area contributed by atoms with Crippen LogP contribution in [0.25, 0.3) is 0 Å². The highest BCUT2D eigenvalue weighted by atomic mass is 32.1. The third-order valence-electron chi connectivity index (χ3n) is 1.85. The minimum Gasteiger partial charge on any atom is -0.375 e. The fraction of sp³-hybridized carbons (Fsp3) is 0.750. The Morgan fingerprint density at radius 2 is 2.17 bits per heavy atom. The van der Waals surface area contributed by atoms with Crippen LogP contribution in [0.3, 0.4) is 0 Å². The van der Waals surface area contributed by atoms with Crippen molar-refractivity contribution in [3.63, 3.8) is 0 Å². The summed E-state index contributed by atoms with van der Waals surface area (Å²) in [5.74, 6) is 0.497. The van der Waals surface area contributed by atoms with Crippen molar-refractivity contribution in [1.29, 1.82) is 0 Å². The zero-order chi connectivity index (χ0) is 9.56. The molecule has 0 aliphatic rings. The molecule has 1 atom stereocenters. The van der Waals surface area contributed by atoms with Gasteiger partial charge in [-0.1, -0.05) is 20.8 Å². The summed E-state index contributed by atoms with van der Waals surface area (Å²) < 4.78 is 0. The molecule has 0 amide bonds. The summed E-state index contributed by atoms with van der Waals surface area (Å²) in [6.45, 7) is 6.35. The van der Waals surface area contributed by atoms with Crippen LogP contribution in [0.2, 0.25) is 0 Å². The van der Waals surface area contributed by atoms with Gasteiger partial charge in [0.1, 0.15) is 0 Å². The first-order valence-corrected chi connectivity index (χ1v) is 4.64. The number of thiocarbonyl (C=S) groups is 1. The second kappa shape index (κ2) is 5.94. The maximum atomic E-state index is 5.25. The van der Waals surface area contributed by atoms with Crippen molar-refractivity contribution in [3.05, 3.63) is 0 Å². The summed E-state index contributed by atoms with van der Waals surface area (Å²) in [4.78, 5) is 0. The largest absolute Gasteiger partial charge is 0.375 e. The molecule has 0 bridgehead atoms. The van der Waals surface area contributed by atoms with Crippen LogP contribution in [0.1, 0.15) is 33.6 Å². The number of nitrogens with zero attached hydrogens (tertiary/aromatic N) is 1. The Morgan fingerprint density at radius 1 is 1.58 bits per heavy atom. The zero-order valence-corrected chi connectivity index (χ0v) is 8.74. The van der Waals surface area contributed by atoms with E-state index in [1.165, 1.54) is 0 Å². The topological polar surface area (TPSA) is 50.4 Å². The Bertz CT molecular complexity index is 177. The van der Waals surface area contributed by atoms with Crippen molar-refractivity contribution in [2.75, 3.05) is 0 Å². The molecule has 0 radical (unpaired) electrons. The number of hydrogen-bond acceptors (Lipinski definition) is 2. The van der Waals surface area contributed by atoms with Gasteiger partial charge in [0.05, 0.1) is 0 Å². The Morgan fingerprint density at radius 3 is 2.50 bits per heavy atom. The Balaban J connectivity index is 4.12. The fourth-order valence-corrected chi connectivity index (χ4v) is 0.946. The lowest BCUT2D eigenvalue weighted by molar-refractivity contribution is 0.716. The molecule has 0 saturated carbocycles. The van der Waals surface area contributed by atoms with Crippen LogP contribution in [0, 0.1) is 5.92 Å². The molecule has 1 unspecified atom stereocenters. The van der Waals surface area contributed by atoms with Crippen LogP contribution < -0.4 is 11.2 Å². The first-order chi connectivity index (χ1) is 5.61. The molecule has 0 rings (SSSR count). The van der Waals surface area contributed by atoms with Crippen molar-refractivity contribution in [2.24, 2.45) is 16.8 Å². The van der Waals surface area contributed by atoms with Gasteiger partial charge in [0, 0.05) is 5.71 Å². The highest BCUT2D eigenvalue weighted by Gasteiger charge is 2.05. The quantitative estimate of drug-likeness (QED) is 0.399. The second-order valence-corrected chi connectivity index (χ2v) is 3.18. The molecule has 0 aliphatic carbocycles. The highest BCUT2D eigenvalue weighted by molar-refractivity contribution is 7.80. The van der Waals surface area contributed by atoms with Crippen LogP contribution in [0.15, 0.2) is 5.10 Å². The fourth-order valence-electron chi connectivity index (χ4n) is 0.900. The monoisotopic (exact) mass is 187 g/mol. The lowest BCUT2D eigenvalue weighted by atomic mass is 10.0. The van der Waals surface area contributed by atoms with Crippen molar-refractivity contribution in [3.8, 4) is 0 Å². The summed E-state index contributed by atoms with van der Waals surface area (Å²) in [6, 6.07) is 0. The van der Waals surface area contributed by atoms with Gasteiger partial charge in [0.2, 0.25) is 0 Å². The molecule has 0 aromatic carbocycles. The molecule has 0 saturated heterocycles. The molecule has 0 aliphatic heterocycles. The van der Waals surface area contributed by atoms with Crippen molar-refractivity contribution in [2.45, 2.75) is 33.6 Å². The molecule has 3 nitrogen and oxygen atoms in total. The van der Waals surface area contributed by atoms with E-state index in [9.17, 15) is 0 Å². The summed E-state index contributed by atoms with van der Waals surface area (Å²) in [6.07, 6.45) is 2.02. The van der Waals surface area contributed by atoms with Gasteiger partial charge in [-0.05, 0) is 31.0 Å². The van der Waals surface area contributed by atoms with Gasteiger partial charge in [0.25, 0.3) is 0 Å². The maximum Gasteiger partial charge on any atom is 0.184 e. The van der Waals surface area contributed by atoms with Crippen molar-refractivity contribution < 1.29 is 0 Å². The van der Waals surface area contributed by atoms with Gasteiger partial charge in [-0.3, -0.25) is 5.43 Å². The van der Waals surface area contributed by atoms with E-state index in [-0.39, 0.29) is 5.11 Å². The van der Waals surface area contributed by atoms with Crippen LogP contribution in [0.4, 0.5) is 0 Å². The SMILES string of the molecule is CCC(=NNC(N)=S)C(C)CC. The standard InChI is InChI=1S/C8H17N3S/c1-4-6(3)7(5-2)10-11-8(9)12/h6H,4-5H2,1-3H3,(H3,9,11,12). The zero-order valence-electron chi connectivity index (χ0n) is 7.92. The summed E-state index contributed by atoms with van der Waals surface area (Å²) >= 11 is 4.64. The number of nitrogens with two attached hydrogens (primary N) is 1. The third-order valence-corrected chi connectivity index (χ3v) is 1.94. The van der Waals surface area contributed by atoms with Gasteiger partial charge in [-0.2, -0.15) is 5.10 Å². The third kappa shape index (κ3) is 4.28. The van der Waals surface area contributed by atoms with Gasteiger partial charge in [0.15, 0.2) is 5.11 Å². The van der Waals surface area contributed by atoms with Crippen LogP contribution in [0.5, 0.6) is 0 Å². The average Bonchev–Trinajstić information content (AvgIpc) is 2.04. The van der Waals surface area contributed by atoms with E-state index in [0.29, 0.717) is 5.92 Å². The normalized spacial score (nSPS) is 14.1. The molecule has 0 heterocycles. The van der Waals surface area contributed by atoms with E-state index in [1.807, 2.05) is 0 Å². The highest BCUT2D eigenvalue weighted by Crippen LogP contribution is 2.06. The predicted molar refractivity (Wildman–Crippen MR) is 57.1 cm³/mol. The smallest absolute Gasteiger partial charge is 0.184 e. The Hall–Kier alpha value is -0.640. The molecule has 4 heteroatoms. The van der Waals surface area contributed by atoms with Gasteiger partial charge < -0.3 is 5.73 Å². The number of nitrogens with one attached hydrogen (secondary N) is 1. The summed E-state index contributed by atoms with van der Waals surface area (Å²) in [5, 5.41) is 4.34. The molecular weight excluding hydrogens is 170 g/mol. The lowest BCUT2D eigenvalue weighted by Gasteiger charge is -2.10. The lowest BCUT2D eigenvalue weighted by Crippen LogP contribution is -2.26. The number of hydrazone groups is 1. The van der Waals surface area contributed by atoms with E-state index in [2.05, 4.69) is 43.5 Å². The van der Waals surface area contributed by atoms with Crippen molar-refractivity contribution in [1.82, 2.24) is 5.43 Å². The summed E-state index contributed by atoms with van der Waals surface area (Å²) in [5.41, 5.74) is 8.98. The first kappa shape index (κ1) is 11.4. The Kier molecular flexibility index (Phi) is 5.62. The van der Waals surface area contributed by atoms with E-state index in [0.717, 1.165) is 18.6 Å². The van der Waals surface area contributed by atoms with Crippen LogP contribution >= 0.6 is 12.2 Å². The van der Waals surface area contributed by atoms with Crippen LogP contribution in [-0.4, -0.2) is 10.8 Å². The van der Waals surface area contributed by atoms with E-state index in [4.69, 9.17) is 5.73 Å². The second-order valence-electron chi connectivity index (χ2n) is 2.74. The molecular formula is C8H17N3S. The van der Waals surface area contributed by atoms with Crippen molar-refractivity contribution >= 4 is 23.0 Å². The molecule has 0 fully saturated rings. The molecule has 3 N–H and O–H groups in total. The van der Waals surface area contributed by atoms with Gasteiger partial charge >= 0.3 is 0 Å².